The summed E-state index contributed by atoms with van der Waals surface area (Å²) in [5.41, 5.74) is 0.569. The first kappa shape index (κ1) is 12.3. The predicted octanol–water partition coefficient (Wildman–Crippen LogP) is 1.69. The number of rotatable bonds is 1. The maximum absolute atomic E-state index is 11.7. The van der Waals surface area contributed by atoms with Crippen LogP contribution in [0.3, 0.4) is 0 Å². The summed E-state index contributed by atoms with van der Waals surface area (Å²) in [5.74, 6) is 0. The van der Waals surface area contributed by atoms with Crippen molar-refractivity contribution in [3.05, 3.63) is 24.3 Å². The van der Waals surface area contributed by atoms with E-state index in [-0.39, 0.29) is 0 Å². The molecule has 7 heteroatoms. The van der Waals surface area contributed by atoms with Gasteiger partial charge in [-0.15, -0.1) is 0 Å². The van der Waals surface area contributed by atoms with Crippen LogP contribution in [0.15, 0.2) is 29.2 Å². The second-order valence-corrected chi connectivity index (χ2v) is 7.09. The van der Waals surface area contributed by atoms with Gasteiger partial charge in [-0.2, -0.15) is 0 Å². The number of hydrogen-bond acceptors (Lipinski definition) is 5. The standard InChI is InChI=1S/C10H11NO4S2/c1-15-9(12)11-7-5-3-4-6-8(7)16-10(11)17(2,13)14/h3-6,10H,1-2H3. The summed E-state index contributed by atoms with van der Waals surface area (Å²) in [6, 6.07) is 7.03. The molecule has 0 saturated carbocycles. The Kier molecular flexibility index (Phi) is 3.05. The first-order valence-electron chi connectivity index (χ1n) is 4.77. The number of fused-ring (bicyclic) bond motifs is 1. The first-order valence-corrected chi connectivity index (χ1v) is 7.60. The lowest BCUT2D eigenvalue weighted by Gasteiger charge is -2.21. The summed E-state index contributed by atoms with van der Waals surface area (Å²) in [4.78, 5) is 13.6. The smallest absolute Gasteiger partial charge is 0.415 e. The Labute approximate surface area is 104 Å². The van der Waals surface area contributed by atoms with Gasteiger partial charge in [-0.05, 0) is 12.1 Å². The van der Waals surface area contributed by atoms with E-state index in [2.05, 4.69) is 4.74 Å². The van der Waals surface area contributed by atoms with Crippen molar-refractivity contribution in [2.45, 2.75) is 9.60 Å². The average molecular weight is 273 g/mol. The van der Waals surface area contributed by atoms with Crippen LogP contribution in [-0.2, 0) is 14.6 Å². The molecule has 92 valence electrons. The van der Waals surface area contributed by atoms with Crippen LogP contribution in [0.5, 0.6) is 0 Å². The monoisotopic (exact) mass is 273 g/mol. The molecule has 5 nitrogen and oxygen atoms in total. The number of para-hydroxylation sites is 1. The Bertz CT molecular complexity index is 555. The number of hydrogen-bond donors (Lipinski definition) is 0. The highest BCUT2D eigenvalue weighted by Crippen LogP contribution is 2.45. The molecule has 17 heavy (non-hydrogen) atoms. The summed E-state index contributed by atoms with van der Waals surface area (Å²) in [7, 11) is -2.16. The molecule has 1 amide bonds. The van der Waals surface area contributed by atoms with Crippen LogP contribution in [0.1, 0.15) is 0 Å². The minimum absolute atomic E-state index is 0.569. The number of ether oxygens (including phenoxy) is 1. The van der Waals surface area contributed by atoms with E-state index in [1.54, 1.807) is 24.3 Å². The third-order valence-corrected chi connectivity index (χ3v) is 5.59. The molecule has 0 fully saturated rings. The molecule has 2 rings (SSSR count). The molecule has 0 radical (unpaired) electrons. The molecular formula is C10H11NO4S2. The van der Waals surface area contributed by atoms with E-state index < -0.39 is 20.6 Å². The maximum Gasteiger partial charge on any atom is 0.415 e. The zero-order valence-corrected chi connectivity index (χ0v) is 10.9. The lowest BCUT2D eigenvalue weighted by Crippen LogP contribution is -2.40. The van der Waals surface area contributed by atoms with Crippen molar-refractivity contribution in [2.75, 3.05) is 18.3 Å². The zero-order valence-electron chi connectivity index (χ0n) is 9.28. The maximum atomic E-state index is 11.7. The number of carbonyl (C=O) groups is 1. The van der Waals surface area contributed by atoms with Gasteiger partial charge in [0.15, 0.2) is 14.5 Å². The van der Waals surface area contributed by atoms with Gasteiger partial charge in [0.05, 0.1) is 12.8 Å². The van der Waals surface area contributed by atoms with Crippen LogP contribution in [0.2, 0.25) is 0 Å². The molecule has 0 bridgehead atoms. The molecule has 0 spiro atoms. The molecule has 1 aromatic carbocycles. The molecule has 1 aliphatic rings. The Morgan fingerprint density at radius 1 is 1.41 bits per heavy atom. The van der Waals surface area contributed by atoms with Crippen LogP contribution in [-0.4, -0.2) is 32.6 Å². The van der Waals surface area contributed by atoms with Crippen LogP contribution in [0.4, 0.5) is 10.5 Å². The average Bonchev–Trinajstić information content (AvgIpc) is 2.67. The van der Waals surface area contributed by atoms with Gasteiger partial charge in [-0.25, -0.2) is 18.1 Å². The van der Waals surface area contributed by atoms with E-state index in [4.69, 9.17) is 0 Å². The third-order valence-electron chi connectivity index (χ3n) is 2.30. The Morgan fingerprint density at radius 3 is 2.65 bits per heavy atom. The van der Waals surface area contributed by atoms with E-state index in [1.165, 1.54) is 7.11 Å². The number of thioether (sulfide) groups is 1. The van der Waals surface area contributed by atoms with Gasteiger partial charge in [0.25, 0.3) is 0 Å². The largest absolute Gasteiger partial charge is 0.452 e. The molecule has 0 N–H and O–H groups in total. The fourth-order valence-corrected chi connectivity index (χ4v) is 4.15. The van der Waals surface area contributed by atoms with Gasteiger partial charge in [0, 0.05) is 11.2 Å². The van der Waals surface area contributed by atoms with Crippen molar-refractivity contribution in [2.24, 2.45) is 0 Å². The molecule has 0 aromatic heterocycles. The van der Waals surface area contributed by atoms with Crippen molar-refractivity contribution in [1.29, 1.82) is 0 Å². The van der Waals surface area contributed by atoms with Crippen molar-refractivity contribution >= 4 is 33.4 Å². The second-order valence-electron chi connectivity index (χ2n) is 3.56. The summed E-state index contributed by atoms with van der Waals surface area (Å²) in [6.07, 6.45) is 0.435. The lowest BCUT2D eigenvalue weighted by molar-refractivity contribution is 0.179. The summed E-state index contributed by atoms with van der Waals surface area (Å²) in [6.45, 7) is 0. The summed E-state index contributed by atoms with van der Waals surface area (Å²) < 4.78 is 27.0. The van der Waals surface area contributed by atoms with Gasteiger partial charge >= 0.3 is 6.09 Å². The van der Waals surface area contributed by atoms with Crippen molar-refractivity contribution in [3.63, 3.8) is 0 Å². The van der Waals surface area contributed by atoms with Crippen molar-refractivity contribution in [1.82, 2.24) is 0 Å². The van der Waals surface area contributed by atoms with Gasteiger partial charge in [0.2, 0.25) is 0 Å². The summed E-state index contributed by atoms with van der Waals surface area (Å²) >= 11 is 1.13. The van der Waals surface area contributed by atoms with E-state index in [9.17, 15) is 13.2 Å². The molecule has 0 saturated heterocycles. The Morgan fingerprint density at radius 2 is 2.06 bits per heavy atom. The second kappa shape index (κ2) is 4.23. The zero-order chi connectivity index (χ0) is 12.6. The lowest BCUT2D eigenvalue weighted by atomic mass is 10.3. The van der Waals surface area contributed by atoms with Crippen LogP contribution in [0.25, 0.3) is 0 Å². The molecule has 1 aliphatic heterocycles. The molecule has 1 atom stereocenters. The predicted molar refractivity (Wildman–Crippen MR) is 65.8 cm³/mol. The summed E-state index contributed by atoms with van der Waals surface area (Å²) in [5, 5.41) is 0. The molecule has 0 aliphatic carbocycles. The van der Waals surface area contributed by atoms with E-state index in [0.29, 0.717) is 5.69 Å². The number of sulfone groups is 1. The fourth-order valence-electron chi connectivity index (χ4n) is 1.59. The fraction of sp³-hybridized carbons (Fsp3) is 0.300. The van der Waals surface area contributed by atoms with E-state index in [0.717, 1.165) is 27.8 Å². The first-order chi connectivity index (χ1) is 7.95. The highest BCUT2D eigenvalue weighted by Gasteiger charge is 2.41. The number of anilines is 1. The van der Waals surface area contributed by atoms with Gasteiger partial charge in [-0.1, -0.05) is 23.9 Å². The Hall–Kier alpha value is -1.21. The van der Waals surface area contributed by atoms with Crippen molar-refractivity contribution in [3.8, 4) is 0 Å². The molecular weight excluding hydrogens is 262 g/mol. The van der Waals surface area contributed by atoms with E-state index in [1.807, 2.05) is 0 Å². The normalized spacial score (nSPS) is 18.9. The molecule has 1 aromatic rings. The number of methoxy groups -OCH3 is 1. The van der Waals surface area contributed by atoms with Crippen LogP contribution >= 0.6 is 11.8 Å². The molecule has 1 heterocycles. The minimum atomic E-state index is -3.39. The molecule has 1 unspecified atom stereocenters. The van der Waals surface area contributed by atoms with Gasteiger partial charge < -0.3 is 4.74 Å². The third kappa shape index (κ3) is 2.12. The van der Waals surface area contributed by atoms with Gasteiger partial charge in [-0.3, -0.25) is 0 Å². The van der Waals surface area contributed by atoms with Gasteiger partial charge in [0.1, 0.15) is 0 Å². The highest BCUT2D eigenvalue weighted by molar-refractivity contribution is 8.13. The minimum Gasteiger partial charge on any atom is -0.452 e. The number of carbonyl (C=O) groups excluding carboxylic acids is 1. The number of nitrogens with zero attached hydrogens (tertiary/aromatic N) is 1. The van der Waals surface area contributed by atoms with E-state index >= 15 is 0 Å². The Balaban J connectivity index is 2.51. The quantitative estimate of drug-likeness (QED) is 0.779. The number of benzene rings is 1. The SMILES string of the molecule is COC(=O)N1c2ccccc2SC1S(C)(=O)=O. The highest BCUT2D eigenvalue weighted by atomic mass is 32.3. The topological polar surface area (TPSA) is 63.7 Å². The van der Waals surface area contributed by atoms with Crippen LogP contribution in [0, 0.1) is 0 Å². The van der Waals surface area contributed by atoms with Crippen LogP contribution < -0.4 is 4.90 Å². The number of amides is 1. The van der Waals surface area contributed by atoms with Crippen molar-refractivity contribution < 1.29 is 17.9 Å².